The minimum Gasteiger partial charge on any atom is -0.456 e. The van der Waals surface area contributed by atoms with E-state index in [1.54, 1.807) is 0 Å². The lowest BCUT2D eigenvalue weighted by molar-refractivity contribution is 0.669. The summed E-state index contributed by atoms with van der Waals surface area (Å²) < 4.78 is 8.35. The quantitative estimate of drug-likeness (QED) is 0.176. The zero-order valence-electron chi connectivity index (χ0n) is 28.7. The number of anilines is 3. The average molecular weight is 667 g/mol. The van der Waals surface area contributed by atoms with Crippen LogP contribution in [0.25, 0.3) is 77.1 Å². The molecule has 246 valence electrons. The van der Waals surface area contributed by atoms with Gasteiger partial charge in [0.25, 0.3) is 0 Å². The molecule has 0 unspecified atom stereocenters. The molecule has 10 rings (SSSR count). The fourth-order valence-corrected chi connectivity index (χ4v) is 7.74. The van der Waals surface area contributed by atoms with Crippen molar-refractivity contribution in [2.45, 2.75) is 0 Å². The zero-order valence-corrected chi connectivity index (χ0v) is 28.7. The highest BCUT2D eigenvalue weighted by molar-refractivity contribution is 6.09. The van der Waals surface area contributed by atoms with Crippen molar-refractivity contribution in [3.8, 4) is 33.4 Å². The highest BCUT2D eigenvalue weighted by atomic mass is 16.3. The summed E-state index contributed by atoms with van der Waals surface area (Å²) in [6.07, 6.45) is 0. The van der Waals surface area contributed by atoms with Gasteiger partial charge in [0.2, 0.25) is 0 Å². The van der Waals surface area contributed by atoms with Gasteiger partial charge in [-0.2, -0.15) is 0 Å². The molecule has 8 aromatic carbocycles. The topological polar surface area (TPSA) is 21.3 Å². The van der Waals surface area contributed by atoms with Crippen LogP contribution in [-0.2, 0) is 7.05 Å². The molecule has 0 bridgehead atoms. The van der Waals surface area contributed by atoms with Crippen molar-refractivity contribution >= 4 is 60.8 Å². The van der Waals surface area contributed by atoms with E-state index < -0.39 is 0 Å². The number of rotatable bonds is 6. The molecule has 0 fully saturated rings. The van der Waals surface area contributed by atoms with Gasteiger partial charge in [0.15, 0.2) is 0 Å². The van der Waals surface area contributed by atoms with E-state index in [0.29, 0.717) is 0 Å². The van der Waals surface area contributed by atoms with Gasteiger partial charge >= 0.3 is 0 Å². The monoisotopic (exact) mass is 666 g/mol. The van der Waals surface area contributed by atoms with E-state index in [1.807, 2.05) is 12.1 Å². The fraction of sp³-hybridized carbons (Fsp3) is 0.0204. The smallest absolute Gasteiger partial charge is 0.135 e. The third-order valence-corrected chi connectivity index (χ3v) is 10.4. The molecule has 0 radical (unpaired) electrons. The third kappa shape index (κ3) is 5.06. The highest BCUT2D eigenvalue weighted by Gasteiger charge is 2.15. The Balaban J connectivity index is 0.941. The second-order valence-corrected chi connectivity index (χ2v) is 13.5. The van der Waals surface area contributed by atoms with Gasteiger partial charge in [-0.25, -0.2) is 0 Å². The SMILES string of the molecule is Cn1c2ccccc2c2cc(-c3ccc(-c4ccc(N(c5ccccc5)c5ccc(-c6ccc7oc8ccccc8c7c6)cc5)cc4)cc3)ccc21. The molecule has 10 aromatic rings. The van der Waals surface area contributed by atoms with Crippen LogP contribution < -0.4 is 4.90 Å². The molecule has 0 spiro atoms. The van der Waals surface area contributed by atoms with E-state index in [2.05, 4.69) is 192 Å². The molecule has 0 saturated heterocycles. The Kier molecular flexibility index (Phi) is 7.04. The number of hydrogen-bond donors (Lipinski definition) is 0. The number of fused-ring (bicyclic) bond motifs is 6. The van der Waals surface area contributed by atoms with Crippen LogP contribution in [0.3, 0.4) is 0 Å². The van der Waals surface area contributed by atoms with Gasteiger partial charge in [-0.05, 0) is 106 Å². The Bertz CT molecular complexity index is 2880. The molecule has 0 saturated carbocycles. The van der Waals surface area contributed by atoms with Crippen molar-refractivity contribution in [1.82, 2.24) is 4.57 Å². The summed E-state index contributed by atoms with van der Waals surface area (Å²) in [4.78, 5) is 2.31. The Hall–Kier alpha value is -6.84. The van der Waals surface area contributed by atoms with Gasteiger partial charge in [-0.3, -0.25) is 0 Å². The van der Waals surface area contributed by atoms with Crippen LogP contribution in [0.5, 0.6) is 0 Å². The fourth-order valence-electron chi connectivity index (χ4n) is 7.74. The van der Waals surface area contributed by atoms with E-state index in [-0.39, 0.29) is 0 Å². The van der Waals surface area contributed by atoms with Crippen LogP contribution in [0.15, 0.2) is 192 Å². The molecule has 0 aliphatic heterocycles. The number of aromatic nitrogens is 1. The van der Waals surface area contributed by atoms with Crippen LogP contribution in [0.4, 0.5) is 17.1 Å². The lowest BCUT2D eigenvalue weighted by atomic mass is 9.98. The molecule has 0 amide bonds. The summed E-state index contributed by atoms with van der Waals surface area (Å²) in [7, 11) is 2.14. The van der Waals surface area contributed by atoms with Gasteiger partial charge in [0.1, 0.15) is 11.2 Å². The van der Waals surface area contributed by atoms with Crippen LogP contribution >= 0.6 is 0 Å². The molecule has 0 aliphatic rings. The molecule has 0 atom stereocenters. The van der Waals surface area contributed by atoms with Gasteiger partial charge in [0.05, 0.1) is 0 Å². The number of hydrogen-bond acceptors (Lipinski definition) is 2. The molecule has 52 heavy (non-hydrogen) atoms. The number of para-hydroxylation sites is 3. The van der Waals surface area contributed by atoms with Crippen LogP contribution in [0.2, 0.25) is 0 Å². The second-order valence-electron chi connectivity index (χ2n) is 13.5. The largest absolute Gasteiger partial charge is 0.456 e. The van der Waals surface area contributed by atoms with Gasteiger partial charge in [-0.1, -0.05) is 115 Å². The summed E-state index contributed by atoms with van der Waals surface area (Å²) in [5.74, 6) is 0. The average Bonchev–Trinajstić information content (AvgIpc) is 3.73. The Morgan fingerprint density at radius 2 is 0.788 bits per heavy atom. The van der Waals surface area contributed by atoms with Gasteiger partial charge in [-0.15, -0.1) is 0 Å². The Labute approximate surface area is 302 Å². The van der Waals surface area contributed by atoms with Crippen molar-refractivity contribution in [3.05, 3.63) is 188 Å². The minimum absolute atomic E-state index is 0.912. The first-order chi connectivity index (χ1) is 25.7. The normalized spacial score (nSPS) is 11.6. The minimum atomic E-state index is 0.912. The zero-order chi connectivity index (χ0) is 34.6. The molecular weight excluding hydrogens is 633 g/mol. The van der Waals surface area contributed by atoms with Crippen LogP contribution in [0, 0.1) is 0 Å². The van der Waals surface area contributed by atoms with Crippen LogP contribution in [-0.4, -0.2) is 4.57 Å². The van der Waals surface area contributed by atoms with Crippen molar-refractivity contribution in [2.75, 3.05) is 4.90 Å². The number of nitrogens with zero attached hydrogens (tertiary/aromatic N) is 2. The second kappa shape index (κ2) is 12.2. The first kappa shape index (κ1) is 30.0. The summed E-state index contributed by atoms with van der Waals surface area (Å²) in [5.41, 5.74) is 14.8. The van der Waals surface area contributed by atoms with Gasteiger partial charge in [0, 0.05) is 56.7 Å². The van der Waals surface area contributed by atoms with Crippen molar-refractivity contribution < 1.29 is 4.42 Å². The Morgan fingerprint density at radius 3 is 1.46 bits per heavy atom. The van der Waals surface area contributed by atoms with Crippen LogP contribution in [0.1, 0.15) is 0 Å². The van der Waals surface area contributed by atoms with E-state index in [1.165, 1.54) is 55.2 Å². The van der Waals surface area contributed by atoms with Gasteiger partial charge < -0.3 is 13.9 Å². The molecule has 2 heterocycles. The maximum atomic E-state index is 6.07. The standard InChI is InChI=1S/C49H34N2O/c1-50-46-13-7-5-11-42(46)44-31-37(23-29-47(44)50)35-17-15-33(16-18-35)34-19-25-40(26-20-34)51(39-9-3-2-4-10-39)41-27-21-36(22-28-41)38-24-30-49-45(32-38)43-12-6-8-14-48(43)52-49/h2-32H,1H3. The molecular formula is C49H34N2O. The highest BCUT2D eigenvalue weighted by Crippen LogP contribution is 2.38. The first-order valence-corrected chi connectivity index (χ1v) is 17.7. The predicted molar refractivity (Wildman–Crippen MR) is 219 cm³/mol. The number of furan rings is 1. The van der Waals surface area contributed by atoms with E-state index >= 15 is 0 Å². The summed E-state index contributed by atoms with van der Waals surface area (Å²) in [5, 5.41) is 4.86. The number of benzene rings is 8. The predicted octanol–water partition coefficient (Wildman–Crippen LogP) is 13.7. The van der Waals surface area contributed by atoms with E-state index in [4.69, 9.17) is 4.42 Å². The first-order valence-electron chi connectivity index (χ1n) is 17.7. The molecule has 3 nitrogen and oxygen atoms in total. The molecule has 2 aromatic heterocycles. The van der Waals surface area contributed by atoms with E-state index in [0.717, 1.165) is 39.0 Å². The maximum Gasteiger partial charge on any atom is 0.135 e. The third-order valence-electron chi connectivity index (χ3n) is 10.4. The maximum absolute atomic E-state index is 6.07. The summed E-state index contributed by atoms with van der Waals surface area (Å²) >= 11 is 0. The molecule has 0 aliphatic carbocycles. The lowest BCUT2D eigenvalue weighted by Gasteiger charge is -2.26. The van der Waals surface area contributed by atoms with Crippen molar-refractivity contribution in [3.63, 3.8) is 0 Å². The van der Waals surface area contributed by atoms with Crippen molar-refractivity contribution in [2.24, 2.45) is 7.05 Å². The summed E-state index contributed by atoms with van der Waals surface area (Å²) in [6, 6.07) is 67.3. The molecule has 3 heteroatoms. The Morgan fingerprint density at radius 1 is 0.346 bits per heavy atom. The lowest BCUT2D eigenvalue weighted by Crippen LogP contribution is -2.09. The summed E-state index contributed by atoms with van der Waals surface area (Å²) in [6.45, 7) is 0. The van der Waals surface area contributed by atoms with E-state index in [9.17, 15) is 0 Å². The molecule has 0 N–H and O–H groups in total. The van der Waals surface area contributed by atoms with Crippen molar-refractivity contribution in [1.29, 1.82) is 0 Å². The number of aryl methyl sites for hydroxylation is 1.